The molecule has 0 saturated carbocycles. The Labute approximate surface area is 123 Å². The van der Waals surface area contributed by atoms with Gasteiger partial charge in [-0.25, -0.2) is 22.8 Å². The molecule has 2 aromatic heterocycles. The lowest BCUT2D eigenvalue weighted by atomic mass is 10.2. The molecule has 0 spiro atoms. The van der Waals surface area contributed by atoms with Crippen LogP contribution in [0.5, 0.6) is 0 Å². The molecule has 21 heavy (non-hydrogen) atoms. The van der Waals surface area contributed by atoms with E-state index in [2.05, 4.69) is 14.8 Å². The Balaban J connectivity index is 1.72. The molecule has 7 nitrogen and oxygen atoms in total. The van der Waals surface area contributed by atoms with Gasteiger partial charge in [-0.1, -0.05) is 6.07 Å². The first-order valence-corrected chi connectivity index (χ1v) is 8.21. The first-order valence-electron chi connectivity index (χ1n) is 6.72. The highest BCUT2D eigenvalue weighted by Gasteiger charge is 2.21. The quantitative estimate of drug-likeness (QED) is 0.880. The highest BCUT2D eigenvalue weighted by atomic mass is 32.2. The van der Waals surface area contributed by atoms with Gasteiger partial charge in [-0.15, -0.1) is 0 Å². The monoisotopic (exact) mass is 308 g/mol. The van der Waals surface area contributed by atoms with Crippen LogP contribution in [0.1, 0.15) is 12.8 Å². The van der Waals surface area contributed by atoms with Gasteiger partial charge < -0.3 is 4.74 Å². The zero-order chi connectivity index (χ0) is 14.7. The average molecular weight is 308 g/mol. The largest absolute Gasteiger partial charge is 0.377 e. The first-order chi connectivity index (χ1) is 10.1. The fraction of sp³-hybridized carbons (Fsp3) is 0.385. The van der Waals surface area contributed by atoms with Gasteiger partial charge in [0.05, 0.1) is 18.5 Å². The number of hydrogen-bond donors (Lipinski definition) is 1. The molecule has 0 bridgehead atoms. The summed E-state index contributed by atoms with van der Waals surface area (Å²) in [7, 11) is -3.58. The van der Waals surface area contributed by atoms with Crippen molar-refractivity contribution >= 4 is 10.0 Å². The zero-order valence-corrected chi connectivity index (χ0v) is 12.2. The van der Waals surface area contributed by atoms with Crippen molar-refractivity contribution in [3.63, 3.8) is 0 Å². The van der Waals surface area contributed by atoms with E-state index in [1.165, 1.54) is 17.1 Å². The van der Waals surface area contributed by atoms with E-state index >= 15 is 0 Å². The molecule has 1 aliphatic heterocycles. The maximum Gasteiger partial charge on any atom is 0.243 e. The Hall–Kier alpha value is -1.77. The van der Waals surface area contributed by atoms with Crippen molar-refractivity contribution in [2.45, 2.75) is 23.8 Å². The van der Waals surface area contributed by atoms with E-state index in [9.17, 15) is 8.42 Å². The Morgan fingerprint density at radius 1 is 1.43 bits per heavy atom. The highest BCUT2D eigenvalue weighted by molar-refractivity contribution is 7.89. The molecular weight excluding hydrogens is 292 g/mol. The normalized spacial score (nSPS) is 19.0. The summed E-state index contributed by atoms with van der Waals surface area (Å²) in [5, 5.41) is 4.04. The van der Waals surface area contributed by atoms with Gasteiger partial charge in [0.25, 0.3) is 0 Å². The van der Waals surface area contributed by atoms with Gasteiger partial charge in [0.2, 0.25) is 10.0 Å². The lowest BCUT2D eigenvalue weighted by Crippen LogP contribution is -2.31. The van der Waals surface area contributed by atoms with Crippen molar-refractivity contribution in [2.75, 3.05) is 13.2 Å². The Bertz CT molecular complexity index is 693. The molecule has 8 heteroatoms. The van der Waals surface area contributed by atoms with Gasteiger partial charge in [-0.3, -0.25) is 0 Å². The molecule has 2 aromatic rings. The number of aromatic nitrogens is 3. The van der Waals surface area contributed by atoms with Crippen molar-refractivity contribution in [3.05, 3.63) is 36.8 Å². The van der Waals surface area contributed by atoms with E-state index < -0.39 is 10.0 Å². The fourth-order valence-electron chi connectivity index (χ4n) is 2.15. The van der Waals surface area contributed by atoms with Crippen LogP contribution in [-0.4, -0.2) is 42.4 Å². The van der Waals surface area contributed by atoms with Crippen molar-refractivity contribution in [2.24, 2.45) is 0 Å². The minimum Gasteiger partial charge on any atom is -0.377 e. The van der Waals surface area contributed by atoms with E-state index in [4.69, 9.17) is 4.74 Å². The zero-order valence-electron chi connectivity index (χ0n) is 11.3. The van der Waals surface area contributed by atoms with E-state index in [-0.39, 0.29) is 17.5 Å². The van der Waals surface area contributed by atoms with Crippen LogP contribution in [0, 0.1) is 0 Å². The van der Waals surface area contributed by atoms with Crippen molar-refractivity contribution in [1.82, 2.24) is 19.5 Å². The van der Waals surface area contributed by atoms with E-state index in [1.54, 1.807) is 18.3 Å². The molecule has 1 atom stereocenters. The lowest BCUT2D eigenvalue weighted by molar-refractivity contribution is 0.114. The standard InChI is InChI=1S/C13H16N4O3S/c18-21(19,16-8-11-4-3-7-20-11)12-9-15-17(10-12)13-5-1-2-6-14-13/h1-2,5-6,9-11,16H,3-4,7-8H2/t11-/m0/s1. The van der Waals surface area contributed by atoms with Crippen LogP contribution < -0.4 is 4.72 Å². The Kier molecular flexibility index (Phi) is 4.00. The molecule has 0 amide bonds. The molecule has 1 fully saturated rings. The molecule has 0 aromatic carbocycles. The van der Waals surface area contributed by atoms with Crippen molar-refractivity contribution < 1.29 is 13.2 Å². The van der Waals surface area contributed by atoms with Crippen molar-refractivity contribution in [3.8, 4) is 5.82 Å². The molecule has 0 radical (unpaired) electrons. The molecule has 112 valence electrons. The fourth-order valence-corrected chi connectivity index (χ4v) is 3.15. The number of rotatable bonds is 5. The summed E-state index contributed by atoms with van der Waals surface area (Å²) in [4.78, 5) is 4.24. The van der Waals surface area contributed by atoms with Gasteiger partial charge >= 0.3 is 0 Å². The summed E-state index contributed by atoms with van der Waals surface area (Å²) >= 11 is 0. The molecule has 1 aliphatic rings. The minimum absolute atomic E-state index is 0.0365. The second kappa shape index (κ2) is 5.92. The molecule has 1 saturated heterocycles. The van der Waals surface area contributed by atoms with E-state index in [0.29, 0.717) is 12.4 Å². The molecule has 3 heterocycles. The number of nitrogens with one attached hydrogen (secondary N) is 1. The van der Waals surface area contributed by atoms with Gasteiger partial charge in [0, 0.05) is 19.3 Å². The van der Waals surface area contributed by atoms with Crippen LogP contribution in [0.4, 0.5) is 0 Å². The summed E-state index contributed by atoms with van der Waals surface area (Å²) < 4.78 is 33.8. The maximum atomic E-state index is 12.2. The molecule has 0 unspecified atom stereocenters. The third-order valence-corrected chi connectivity index (χ3v) is 4.66. The van der Waals surface area contributed by atoms with Crippen LogP contribution in [0.25, 0.3) is 5.82 Å². The average Bonchev–Trinajstić information content (AvgIpc) is 3.18. The number of sulfonamides is 1. The SMILES string of the molecule is O=S(=O)(NC[C@@H]1CCCO1)c1cnn(-c2ccccn2)c1. The van der Waals surface area contributed by atoms with Gasteiger partial charge in [-0.05, 0) is 25.0 Å². The van der Waals surface area contributed by atoms with Crippen LogP contribution in [0.15, 0.2) is 41.7 Å². The summed E-state index contributed by atoms with van der Waals surface area (Å²) in [6.45, 7) is 0.987. The Morgan fingerprint density at radius 2 is 2.33 bits per heavy atom. The molecule has 1 N–H and O–H groups in total. The third-order valence-electron chi connectivity index (χ3n) is 3.28. The predicted molar refractivity (Wildman–Crippen MR) is 75.5 cm³/mol. The van der Waals surface area contributed by atoms with Crippen LogP contribution >= 0.6 is 0 Å². The summed E-state index contributed by atoms with van der Waals surface area (Å²) in [6, 6.07) is 5.35. The first kappa shape index (κ1) is 14.2. The van der Waals surface area contributed by atoms with Gasteiger partial charge in [0.1, 0.15) is 4.90 Å². The minimum atomic E-state index is -3.58. The van der Waals surface area contributed by atoms with Crippen LogP contribution in [0.3, 0.4) is 0 Å². The molecular formula is C13H16N4O3S. The topological polar surface area (TPSA) is 86.1 Å². The number of ether oxygens (including phenoxy) is 1. The van der Waals surface area contributed by atoms with Gasteiger partial charge in [0.15, 0.2) is 5.82 Å². The Morgan fingerprint density at radius 3 is 3.05 bits per heavy atom. The van der Waals surface area contributed by atoms with Gasteiger partial charge in [-0.2, -0.15) is 5.10 Å². The number of hydrogen-bond acceptors (Lipinski definition) is 5. The maximum absolute atomic E-state index is 12.2. The van der Waals surface area contributed by atoms with E-state index in [0.717, 1.165) is 12.8 Å². The number of nitrogens with zero attached hydrogens (tertiary/aromatic N) is 3. The number of pyridine rings is 1. The lowest BCUT2D eigenvalue weighted by Gasteiger charge is -2.10. The molecule has 3 rings (SSSR count). The summed E-state index contributed by atoms with van der Waals surface area (Å²) in [6.07, 6.45) is 6.21. The molecule has 0 aliphatic carbocycles. The van der Waals surface area contributed by atoms with Crippen LogP contribution in [-0.2, 0) is 14.8 Å². The summed E-state index contributed by atoms with van der Waals surface area (Å²) in [5.41, 5.74) is 0. The van der Waals surface area contributed by atoms with Crippen molar-refractivity contribution in [1.29, 1.82) is 0 Å². The second-order valence-electron chi connectivity index (χ2n) is 4.80. The smallest absolute Gasteiger partial charge is 0.243 e. The predicted octanol–water partition coefficient (Wildman–Crippen LogP) is 0.725. The van der Waals surface area contributed by atoms with E-state index in [1.807, 2.05) is 6.07 Å². The third kappa shape index (κ3) is 3.29. The summed E-state index contributed by atoms with van der Waals surface area (Å²) in [5.74, 6) is 0.568. The second-order valence-corrected chi connectivity index (χ2v) is 6.56. The highest BCUT2D eigenvalue weighted by Crippen LogP contribution is 2.13. The van der Waals surface area contributed by atoms with Crippen LogP contribution in [0.2, 0.25) is 0 Å².